The van der Waals surface area contributed by atoms with Gasteiger partial charge in [0, 0.05) is 23.5 Å². The molecular weight excluding hydrogens is 485 g/mol. The number of primary amides is 1. The molecule has 5 rings (SSSR count). The van der Waals surface area contributed by atoms with Gasteiger partial charge in [0.15, 0.2) is 5.82 Å². The van der Waals surface area contributed by atoms with Gasteiger partial charge >= 0.3 is 0 Å². The molecule has 0 aliphatic heterocycles. The highest BCUT2D eigenvalue weighted by molar-refractivity contribution is 6.42. The summed E-state index contributed by atoms with van der Waals surface area (Å²) in [6, 6.07) is 16.9. The predicted octanol–water partition coefficient (Wildman–Crippen LogP) is 5.47. The Morgan fingerprint density at radius 2 is 1.91 bits per heavy atom. The fourth-order valence-electron chi connectivity index (χ4n) is 3.90. The predicted molar refractivity (Wildman–Crippen MR) is 137 cm³/mol. The van der Waals surface area contributed by atoms with Crippen molar-refractivity contribution in [3.8, 4) is 17.1 Å². The van der Waals surface area contributed by atoms with Gasteiger partial charge in [-0.05, 0) is 55.8 Å². The number of nitrogens with two attached hydrogens (primary N) is 1. The zero-order valence-corrected chi connectivity index (χ0v) is 20.4. The molecule has 3 N–H and O–H groups in total. The van der Waals surface area contributed by atoms with Crippen molar-refractivity contribution < 1.29 is 4.79 Å². The average molecular weight is 506 g/mol. The summed E-state index contributed by atoms with van der Waals surface area (Å²) in [4.78, 5) is 16.5. The Morgan fingerprint density at radius 1 is 1.09 bits per heavy atom. The Morgan fingerprint density at radius 3 is 2.66 bits per heavy atom. The number of anilines is 1. The molecule has 8 nitrogen and oxygen atoms in total. The van der Waals surface area contributed by atoms with Crippen LogP contribution in [-0.4, -0.2) is 30.3 Å². The molecule has 0 saturated carbocycles. The van der Waals surface area contributed by atoms with Crippen LogP contribution in [0.3, 0.4) is 0 Å². The van der Waals surface area contributed by atoms with Crippen LogP contribution < -0.4 is 11.1 Å². The highest BCUT2D eigenvalue weighted by Crippen LogP contribution is 2.30. The van der Waals surface area contributed by atoms with Gasteiger partial charge in [0.1, 0.15) is 5.82 Å². The van der Waals surface area contributed by atoms with Crippen LogP contribution in [0.5, 0.6) is 0 Å². The van der Waals surface area contributed by atoms with E-state index < -0.39 is 5.91 Å². The molecule has 0 spiro atoms. The van der Waals surface area contributed by atoms with Crippen molar-refractivity contribution in [1.82, 2.24) is 24.4 Å². The van der Waals surface area contributed by atoms with E-state index in [0.717, 1.165) is 22.5 Å². The lowest BCUT2D eigenvalue weighted by molar-refractivity contribution is 0.100. The number of fused-ring (bicyclic) bond motifs is 1. The molecular formula is C25H21Cl2N7O. The minimum absolute atomic E-state index is 0.0924. The van der Waals surface area contributed by atoms with Crippen LogP contribution in [0.25, 0.3) is 22.6 Å². The third kappa shape index (κ3) is 4.45. The number of hydrogen-bond donors (Lipinski definition) is 2. The van der Waals surface area contributed by atoms with Gasteiger partial charge in [-0.25, -0.2) is 14.2 Å². The van der Waals surface area contributed by atoms with Gasteiger partial charge in [0.25, 0.3) is 5.91 Å². The van der Waals surface area contributed by atoms with Crippen molar-refractivity contribution in [3.63, 3.8) is 0 Å². The summed E-state index contributed by atoms with van der Waals surface area (Å²) >= 11 is 12.3. The Balaban J connectivity index is 1.60. The molecule has 1 atom stereocenters. The van der Waals surface area contributed by atoms with Crippen LogP contribution in [-0.2, 0) is 0 Å². The Labute approximate surface area is 211 Å². The molecule has 0 radical (unpaired) electrons. The molecule has 35 heavy (non-hydrogen) atoms. The number of carbonyl (C=O) groups excluding carboxylic acids is 1. The third-order valence-corrected chi connectivity index (χ3v) is 6.43. The normalized spacial score (nSPS) is 12.1. The van der Waals surface area contributed by atoms with Crippen LogP contribution in [0.15, 0.2) is 67.0 Å². The van der Waals surface area contributed by atoms with Crippen molar-refractivity contribution in [2.24, 2.45) is 5.73 Å². The zero-order valence-electron chi connectivity index (χ0n) is 18.9. The SMILES string of the molecule is Cc1cccc(-n2nc(NC(C)c3ccc(Cl)c(Cl)c3)cc2-c2ccn3ncc(C(N)=O)c3c2)n1. The number of halogens is 2. The fraction of sp³-hybridized carbons (Fsp3) is 0.120. The largest absolute Gasteiger partial charge is 0.365 e. The minimum atomic E-state index is -0.538. The summed E-state index contributed by atoms with van der Waals surface area (Å²) in [6.45, 7) is 3.94. The average Bonchev–Trinajstić information content (AvgIpc) is 3.44. The third-order valence-electron chi connectivity index (χ3n) is 5.69. The van der Waals surface area contributed by atoms with Crippen molar-refractivity contribution in [2.45, 2.75) is 19.9 Å². The molecule has 10 heteroatoms. The first-order chi connectivity index (χ1) is 16.8. The smallest absolute Gasteiger partial charge is 0.252 e. The topological polar surface area (TPSA) is 103 Å². The molecule has 0 fully saturated rings. The maximum Gasteiger partial charge on any atom is 0.252 e. The number of aryl methyl sites for hydroxylation is 1. The van der Waals surface area contributed by atoms with Crippen LogP contribution >= 0.6 is 23.2 Å². The van der Waals surface area contributed by atoms with E-state index in [9.17, 15) is 4.79 Å². The minimum Gasteiger partial charge on any atom is -0.365 e. The van der Waals surface area contributed by atoms with E-state index in [1.807, 2.05) is 62.4 Å². The quantitative estimate of drug-likeness (QED) is 0.318. The number of rotatable bonds is 6. The monoisotopic (exact) mass is 505 g/mol. The summed E-state index contributed by atoms with van der Waals surface area (Å²) in [5.74, 6) is 0.771. The summed E-state index contributed by atoms with van der Waals surface area (Å²) in [5, 5.41) is 13.4. The second kappa shape index (κ2) is 9.05. The molecule has 0 aliphatic rings. The lowest BCUT2D eigenvalue weighted by atomic mass is 10.1. The van der Waals surface area contributed by atoms with Gasteiger partial charge in [-0.15, -0.1) is 5.10 Å². The number of carbonyl (C=O) groups is 1. The van der Waals surface area contributed by atoms with E-state index in [0.29, 0.717) is 32.8 Å². The van der Waals surface area contributed by atoms with Gasteiger partial charge in [0.05, 0.1) is 39.1 Å². The number of nitrogens with one attached hydrogen (secondary N) is 1. The van der Waals surface area contributed by atoms with Crippen molar-refractivity contribution in [2.75, 3.05) is 5.32 Å². The van der Waals surface area contributed by atoms with Gasteiger partial charge in [-0.2, -0.15) is 5.10 Å². The molecule has 0 saturated heterocycles. The van der Waals surface area contributed by atoms with E-state index in [1.54, 1.807) is 21.5 Å². The molecule has 5 aromatic rings. The first kappa shape index (κ1) is 22.9. The molecule has 0 aliphatic carbocycles. The van der Waals surface area contributed by atoms with Gasteiger partial charge in [-0.3, -0.25) is 4.79 Å². The van der Waals surface area contributed by atoms with E-state index in [-0.39, 0.29) is 6.04 Å². The molecule has 4 heterocycles. The zero-order chi connectivity index (χ0) is 24.7. The summed E-state index contributed by atoms with van der Waals surface area (Å²) in [5.41, 5.74) is 9.94. The van der Waals surface area contributed by atoms with Crippen LogP contribution in [0.1, 0.15) is 34.6 Å². The van der Waals surface area contributed by atoms with Crippen molar-refractivity contribution >= 4 is 40.4 Å². The number of hydrogen-bond acceptors (Lipinski definition) is 5. The van der Waals surface area contributed by atoms with Crippen LogP contribution in [0.4, 0.5) is 5.82 Å². The standard InChI is InChI=1S/C25H21Cl2N7O/c1-14-4-3-5-24(30-14)34-21(17-8-9-33-22(11-17)18(13-29-33)25(28)35)12-23(32-34)31-15(2)16-6-7-19(26)20(27)10-16/h3-13,15H,1-2H3,(H2,28,35)(H,31,32). The Hall–Kier alpha value is -3.88. The first-order valence-electron chi connectivity index (χ1n) is 10.8. The number of pyridine rings is 2. The summed E-state index contributed by atoms with van der Waals surface area (Å²) in [6.07, 6.45) is 3.25. The van der Waals surface area contributed by atoms with Crippen LogP contribution in [0.2, 0.25) is 10.0 Å². The maximum absolute atomic E-state index is 11.9. The Kier molecular flexibility index (Phi) is 5.92. The molecule has 1 aromatic carbocycles. The molecule has 1 amide bonds. The van der Waals surface area contributed by atoms with Crippen molar-refractivity contribution in [3.05, 3.63) is 93.9 Å². The number of nitrogens with zero attached hydrogens (tertiary/aromatic N) is 5. The van der Waals surface area contributed by atoms with Crippen molar-refractivity contribution in [1.29, 1.82) is 0 Å². The molecule has 176 valence electrons. The highest BCUT2D eigenvalue weighted by atomic mass is 35.5. The number of amides is 1. The lowest BCUT2D eigenvalue weighted by Crippen LogP contribution is -2.10. The Bertz CT molecular complexity index is 1570. The fourth-order valence-corrected chi connectivity index (χ4v) is 4.20. The van der Waals surface area contributed by atoms with Crippen LogP contribution in [0, 0.1) is 6.92 Å². The van der Waals surface area contributed by atoms with E-state index >= 15 is 0 Å². The first-order valence-corrected chi connectivity index (χ1v) is 11.6. The molecule has 4 aromatic heterocycles. The van der Waals surface area contributed by atoms with E-state index in [4.69, 9.17) is 34.0 Å². The highest BCUT2D eigenvalue weighted by Gasteiger charge is 2.17. The van der Waals surface area contributed by atoms with Gasteiger partial charge in [0.2, 0.25) is 0 Å². The molecule has 0 bridgehead atoms. The van der Waals surface area contributed by atoms with Gasteiger partial charge < -0.3 is 11.1 Å². The van der Waals surface area contributed by atoms with Gasteiger partial charge in [-0.1, -0.05) is 35.3 Å². The molecule has 1 unspecified atom stereocenters. The second-order valence-corrected chi connectivity index (χ2v) is 8.99. The van der Waals surface area contributed by atoms with E-state index in [1.165, 1.54) is 6.20 Å². The summed E-state index contributed by atoms with van der Waals surface area (Å²) in [7, 11) is 0. The number of benzene rings is 1. The summed E-state index contributed by atoms with van der Waals surface area (Å²) < 4.78 is 3.38. The number of aromatic nitrogens is 5. The lowest BCUT2D eigenvalue weighted by Gasteiger charge is -2.14. The van der Waals surface area contributed by atoms with E-state index in [2.05, 4.69) is 15.4 Å². The second-order valence-electron chi connectivity index (χ2n) is 8.17. The maximum atomic E-state index is 11.9.